The van der Waals surface area contributed by atoms with Crippen molar-refractivity contribution in [2.24, 2.45) is 11.3 Å². The lowest BCUT2D eigenvalue weighted by molar-refractivity contribution is -0.147. The van der Waals surface area contributed by atoms with Crippen molar-refractivity contribution >= 4 is 17.7 Å². The summed E-state index contributed by atoms with van der Waals surface area (Å²) in [5.41, 5.74) is -0.0441. The Balaban J connectivity index is 1.49. The second kappa shape index (κ2) is 12.8. The summed E-state index contributed by atoms with van der Waals surface area (Å²) >= 11 is 0. The van der Waals surface area contributed by atoms with Crippen LogP contribution in [-0.2, 0) is 25.5 Å². The molecule has 1 saturated carbocycles. The smallest absolute Gasteiger partial charge is 0.245 e. The summed E-state index contributed by atoms with van der Waals surface area (Å²) in [5.74, 6) is -0.379. The number of piperidine rings is 1. The molecule has 9 heteroatoms. The number of morpholine rings is 1. The molecule has 3 fully saturated rings. The molecule has 1 unspecified atom stereocenters. The van der Waals surface area contributed by atoms with Crippen molar-refractivity contribution in [1.29, 1.82) is 0 Å². The highest BCUT2D eigenvalue weighted by Gasteiger charge is 2.49. The molecule has 39 heavy (non-hydrogen) atoms. The van der Waals surface area contributed by atoms with E-state index in [0.29, 0.717) is 45.0 Å². The summed E-state index contributed by atoms with van der Waals surface area (Å²) in [6, 6.07) is 4.70. The van der Waals surface area contributed by atoms with Crippen molar-refractivity contribution in [2.45, 2.75) is 89.8 Å². The van der Waals surface area contributed by atoms with E-state index in [-0.39, 0.29) is 42.1 Å². The van der Waals surface area contributed by atoms with Gasteiger partial charge >= 0.3 is 0 Å². The van der Waals surface area contributed by atoms with E-state index in [1.54, 1.807) is 17.0 Å². The molecule has 4 rings (SSSR count). The number of nitrogens with one attached hydrogen (secondary N) is 3. The van der Waals surface area contributed by atoms with Crippen molar-refractivity contribution in [3.8, 4) is 0 Å². The lowest BCUT2D eigenvalue weighted by atomic mass is 9.63. The zero-order valence-corrected chi connectivity index (χ0v) is 23.7. The summed E-state index contributed by atoms with van der Waals surface area (Å²) < 4.78 is 19.0. The number of carbonyl (C=O) groups excluding carboxylic acids is 3. The van der Waals surface area contributed by atoms with Gasteiger partial charge in [-0.15, -0.1) is 0 Å². The van der Waals surface area contributed by atoms with Crippen LogP contribution in [0, 0.1) is 17.2 Å². The van der Waals surface area contributed by atoms with Crippen molar-refractivity contribution in [3.05, 3.63) is 35.6 Å². The van der Waals surface area contributed by atoms with Crippen LogP contribution in [0.3, 0.4) is 0 Å². The molecule has 216 valence electrons. The molecular formula is C30H45FN4O4. The predicted octanol–water partition coefficient (Wildman–Crippen LogP) is 2.95. The SMILES string of the molecule is CC(C)(C)NC(=O)C1(C2CCCCC2)CCN(C(=O)[C@@H](Cc2ccc(F)cc2)NC(=O)C2COCCN2)CC1. The largest absolute Gasteiger partial charge is 0.378 e. The molecule has 2 heterocycles. The monoisotopic (exact) mass is 544 g/mol. The predicted molar refractivity (Wildman–Crippen MR) is 147 cm³/mol. The van der Waals surface area contributed by atoms with Gasteiger partial charge in [0.15, 0.2) is 0 Å². The van der Waals surface area contributed by atoms with Gasteiger partial charge in [0.25, 0.3) is 0 Å². The summed E-state index contributed by atoms with van der Waals surface area (Å²) in [5, 5.41) is 9.32. The molecule has 0 bridgehead atoms. The number of halogens is 1. The fourth-order valence-electron chi connectivity index (χ4n) is 6.35. The van der Waals surface area contributed by atoms with Gasteiger partial charge in [-0.05, 0) is 70.1 Å². The standard InChI is InChI=1S/C30H45FN4O4/c1-29(2,3)34-28(38)30(22-7-5-4-6-8-22)13-16-35(17-14-30)27(37)24(19-21-9-11-23(31)12-10-21)33-26(36)25-20-39-18-15-32-25/h9-12,22,24-25,32H,4-8,13-20H2,1-3H3,(H,33,36)(H,34,38)/t24-,25?/m1/s1. The summed E-state index contributed by atoms with van der Waals surface area (Å²) in [6.45, 7) is 8.32. The molecule has 1 aromatic carbocycles. The molecule has 1 aliphatic carbocycles. The number of nitrogens with zero attached hydrogens (tertiary/aromatic N) is 1. The topological polar surface area (TPSA) is 99.8 Å². The third-order valence-electron chi connectivity index (χ3n) is 8.50. The zero-order chi connectivity index (χ0) is 28.0. The van der Waals surface area contributed by atoms with E-state index in [1.807, 2.05) is 20.8 Å². The van der Waals surface area contributed by atoms with Crippen LogP contribution in [0.25, 0.3) is 0 Å². The Bertz CT molecular complexity index is 989. The van der Waals surface area contributed by atoms with Gasteiger partial charge in [0.2, 0.25) is 17.7 Å². The number of ether oxygens (including phenoxy) is 1. The van der Waals surface area contributed by atoms with E-state index in [1.165, 1.54) is 18.6 Å². The number of hydrogen-bond acceptors (Lipinski definition) is 5. The van der Waals surface area contributed by atoms with Crippen molar-refractivity contribution in [2.75, 3.05) is 32.8 Å². The van der Waals surface area contributed by atoms with Crippen LogP contribution in [-0.4, -0.2) is 73.1 Å². The summed E-state index contributed by atoms with van der Waals surface area (Å²) in [7, 11) is 0. The average molecular weight is 545 g/mol. The number of rotatable bonds is 7. The third kappa shape index (κ3) is 7.57. The number of likely N-dealkylation sites (tertiary alicyclic amines) is 1. The number of hydrogen-bond donors (Lipinski definition) is 3. The van der Waals surface area contributed by atoms with Crippen LogP contribution in [0.1, 0.15) is 71.3 Å². The van der Waals surface area contributed by atoms with Gasteiger partial charge in [0, 0.05) is 31.6 Å². The molecule has 3 N–H and O–H groups in total. The second-order valence-electron chi connectivity index (χ2n) is 12.5. The molecule has 0 aromatic heterocycles. The minimum absolute atomic E-state index is 0.105. The van der Waals surface area contributed by atoms with Gasteiger partial charge in [-0.25, -0.2) is 4.39 Å². The molecule has 2 saturated heterocycles. The molecular weight excluding hydrogens is 499 g/mol. The second-order valence-corrected chi connectivity index (χ2v) is 12.5. The van der Waals surface area contributed by atoms with Crippen LogP contribution >= 0.6 is 0 Å². The summed E-state index contributed by atoms with van der Waals surface area (Å²) in [6.07, 6.45) is 7.07. The maximum absolute atomic E-state index is 13.9. The van der Waals surface area contributed by atoms with E-state index < -0.39 is 17.5 Å². The Morgan fingerprint density at radius 3 is 2.36 bits per heavy atom. The molecule has 8 nitrogen and oxygen atoms in total. The Kier molecular flexibility index (Phi) is 9.64. The first kappa shape index (κ1) is 29.5. The Morgan fingerprint density at radius 2 is 1.77 bits per heavy atom. The maximum Gasteiger partial charge on any atom is 0.245 e. The Morgan fingerprint density at radius 1 is 1.10 bits per heavy atom. The first-order chi connectivity index (χ1) is 18.6. The van der Waals surface area contributed by atoms with Gasteiger partial charge in [-0.3, -0.25) is 14.4 Å². The molecule has 3 amide bonds. The van der Waals surface area contributed by atoms with Crippen molar-refractivity contribution in [3.63, 3.8) is 0 Å². The quantitative estimate of drug-likeness (QED) is 0.490. The zero-order valence-electron chi connectivity index (χ0n) is 23.7. The van der Waals surface area contributed by atoms with Crippen LogP contribution in [0.5, 0.6) is 0 Å². The first-order valence-corrected chi connectivity index (χ1v) is 14.5. The van der Waals surface area contributed by atoms with Crippen molar-refractivity contribution in [1.82, 2.24) is 20.9 Å². The number of carbonyl (C=O) groups is 3. The minimum atomic E-state index is -0.794. The molecule has 2 atom stereocenters. The van der Waals surface area contributed by atoms with E-state index in [9.17, 15) is 18.8 Å². The molecule has 1 aromatic rings. The average Bonchev–Trinajstić information content (AvgIpc) is 2.93. The van der Waals surface area contributed by atoms with Crippen LogP contribution in [0.4, 0.5) is 4.39 Å². The van der Waals surface area contributed by atoms with Crippen LogP contribution < -0.4 is 16.0 Å². The highest BCUT2D eigenvalue weighted by atomic mass is 19.1. The highest BCUT2D eigenvalue weighted by molar-refractivity contribution is 5.90. The van der Waals surface area contributed by atoms with Gasteiger partial charge in [0.05, 0.1) is 18.6 Å². The third-order valence-corrected chi connectivity index (χ3v) is 8.50. The minimum Gasteiger partial charge on any atom is -0.378 e. The first-order valence-electron chi connectivity index (χ1n) is 14.5. The molecule has 0 radical (unpaired) electrons. The van der Waals surface area contributed by atoms with Gasteiger partial charge in [0.1, 0.15) is 17.9 Å². The van der Waals surface area contributed by atoms with Gasteiger partial charge < -0.3 is 25.6 Å². The van der Waals surface area contributed by atoms with E-state index in [0.717, 1.165) is 31.2 Å². The number of amides is 3. The fraction of sp³-hybridized carbons (Fsp3) is 0.700. The summed E-state index contributed by atoms with van der Waals surface area (Å²) in [4.78, 5) is 42.4. The Hall–Kier alpha value is -2.52. The van der Waals surface area contributed by atoms with Gasteiger partial charge in [-0.1, -0.05) is 31.4 Å². The highest BCUT2D eigenvalue weighted by Crippen LogP contribution is 2.46. The lowest BCUT2D eigenvalue weighted by Crippen LogP contribution is -2.60. The number of benzene rings is 1. The van der Waals surface area contributed by atoms with E-state index >= 15 is 0 Å². The van der Waals surface area contributed by atoms with Crippen molar-refractivity contribution < 1.29 is 23.5 Å². The lowest BCUT2D eigenvalue weighted by Gasteiger charge is -2.48. The van der Waals surface area contributed by atoms with E-state index in [4.69, 9.17) is 4.74 Å². The molecule has 2 aliphatic heterocycles. The molecule has 0 spiro atoms. The Labute approximate surface area is 231 Å². The van der Waals surface area contributed by atoms with Crippen LogP contribution in [0.2, 0.25) is 0 Å². The normalized spacial score (nSPS) is 23.1. The van der Waals surface area contributed by atoms with Gasteiger partial charge in [-0.2, -0.15) is 0 Å². The van der Waals surface area contributed by atoms with Crippen LogP contribution in [0.15, 0.2) is 24.3 Å². The fourth-order valence-corrected chi connectivity index (χ4v) is 6.35. The molecule has 3 aliphatic rings. The van der Waals surface area contributed by atoms with E-state index in [2.05, 4.69) is 16.0 Å². The maximum atomic E-state index is 13.9.